The van der Waals surface area contributed by atoms with E-state index in [0.29, 0.717) is 12.8 Å². The van der Waals surface area contributed by atoms with Gasteiger partial charge in [-0.05, 0) is 23.4 Å². The fourth-order valence-electron chi connectivity index (χ4n) is 1.84. The van der Waals surface area contributed by atoms with Crippen LogP contribution in [-0.2, 0) is 12.8 Å². The number of rotatable bonds is 4. The second-order valence-electron chi connectivity index (χ2n) is 3.45. The van der Waals surface area contributed by atoms with Crippen LogP contribution in [-0.4, -0.2) is 23.4 Å². The number of aliphatic hydroxyl groups excluding tert-OH is 2. The van der Waals surface area contributed by atoms with Crippen molar-refractivity contribution in [1.29, 1.82) is 0 Å². The first-order valence-corrected chi connectivity index (χ1v) is 5.89. The molecule has 2 aromatic rings. The van der Waals surface area contributed by atoms with E-state index in [4.69, 9.17) is 10.2 Å². The molecule has 0 spiro atoms. The summed E-state index contributed by atoms with van der Waals surface area (Å²) >= 11 is 1.72. The Kier molecular flexibility index (Phi) is 3.36. The zero-order chi connectivity index (χ0) is 10.7. The molecule has 0 bridgehead atoms. The van der Waals surface area contributed by atoms with Crippen molar-refractivity contribution < 1.29 is 10.2 Å². The van der Waals surface area contributed by atoms with Crippen LogP contribution in [0.1, 0.15) is 10.4 Å². The van der Waals surface area contributed by atoms with Crippen molar-refractivity contribution in [1.82, 2.24) is 0 Å². The van der Waals surface area contributed by atoms with E-state index in [9.17, 15) is 0 Å². The van der Waals surface area contributed by atoms with Crippen LogP contribution in [0.15, 0.2) is 24.3 Å². The molecular formula is C12H14O2S. The first-order valence-electron chi connectivity index (χ1n) is 5.08. The maximum atomic E-state index is 9.03. The zero-order valence-corrected chi connectivity index (χ0v) is 9.26. The molecule has 0 atom stereocenters. The summed E-state index contributed by atoms with van der Waals surface area (Å²) in [7, 11) is 0. The summed E-state index contributed by atoms with van der Waals surface area (Å²) < 4.78 is 1.24. The predicted octanol–water partition coefficient (Wildman–Crippen LogP) is 1.97. The van der Waals surface area contributed by atoms with Gasteiger partial charge in [0.05, 0.1) is 0 Å². The Bertz CT molecular complexity index is 448. The van der Waals surface area contributed by atoms with Crippen LogP contribution < -0.4 is 0 Å². The van der Waals surface area contributed by atoms with E-state index >= 15 is 0 Å². The van der Waals surface area contributed by atoms with Gasteiger partial charge >= 0.3 is 0 Å². The first kappa shape index (κ1) is 10.6. The lowest BCUT2D eigenvalue weighted by Gasteiger charge is -2.00. The number of hydrogen-bond acceptors (Lipinski definition) is 3. The first-order chi connectivity index (χ1) is 7.36. The minimum atomic E-state index is 0.166. The van der Waals surface area contributed by atoms with Gasteiger partial charge in [-0.1, -0.05) is 18.2 Å². The molecule has 0 aliphatic heterocycles. The van der Waals surface area contributed by atoms with Crippen LogP contribution in [0.2, 0.25) is 0 Å². The summed E-state index contributed by atoms with van der Waals surface area (Å²) in [5.41, 5.74) is 1.20. The summed E-state index contributed by atoms with van der Waals surface area (Å²) in [6.45, 7) is 0.338. The van der Waals surface area contributed by atoms with Gasteiger partial charge in [0.25, 0.3) is 0 Å². The van der Waals surface area contributed by atoms with Crippen molar-refractivity contribution in [2.24, 2.45) is 0 Å². The molecule has 2 nitrogen and oxygen atoms in total. The quantitative estimate of drug-likeness (QED) is 0.830. The van der Waals surface area contributed by atoms with Gasteiger partial charge in [0, 0.05) is 29.2 Å². The fraction of sp³-hybridized carbons (Fsp3) is 0.333. The second-order valence-corrected chi connectivity index (χ2v) is 4.58. The van der Waals surface area contributed by atoms with Crippen molar-refractivity contribution in [3.05, 3.63) is 34.7 Å². The van der Waals surface area contributed by atoms with E-state index < -0.39 is 0 Å². The molecule has 2 N–H and O–H groups in total. The molecule has 2 rings (SSSR count). The maximum Gasteiger partial charge on any atom is 0.0479 e. The van der Waals surface area contributed by atoms with Crippen LogP contribution in [0.5, 0.6) is 0 Å². The Labute approximate surface area is 92.8 Å². The lowest BCUT2D eigenvalue weighted by molar-refractivity contribution is 0.294. The Balaban J connectivity index is 2.53. The van der Waals surface area contributed by atoms with Gasteiger partial charge in [0.2, 0.25) is 0 Å². The summed E-state index contributed by atoms with van der Waals surface area (Å²) in [6.07, 6.45) is 1.37. The topological polar surface area (TPSA) is 40.5 Å². The maximum absolute atomic E-state index is 9.03. The number of benzene rings is 1. The van der Waals surface area contributed by atoms with Crippen molar-refractivity contribution >= 4 is 21.4 Å². The van der Waals surface area contributed by atoms with Crippen molar-refractivity contribution in [2.75, 3.05) is 13.2 Å². The Morgan fingerprint density at radius 2 is 1.73 bits per heavy atom. The molecule has 3 heteroatoms. The lowest BCUT2D eigenvalue weighted by atomic mass is 10.1. The molecule has 0 saturated carbocycles. The smallest absolute Gasteiger partial charge is 0.0479 e. The van der Waals surface area contributed by atoms with E-state index in [1.165, 1.54) is 20.5 Å². The van der Waals surface area contributed by atoms with E-state index in [2.05, 4.69) is 12.1 Å². The van der Waals surface area contributed by atoms with Gasteiger partial charge in [-0.25, -0.2) is 0 Å². The van der Waals surface area contributed by atoms with E-state index in [0.717, 1.165) is 0 Å². The van der Waals surface area contributed by atoms with Gasteiger partial charge in [-0.2, -0.15) is 0 Å². The van der Waals surface area contributed by atoms with E-state index in [-0.39, 0.29) is 13.2 Å². The standard InChI is InChI=1S/C12H14O2S/c13-7-5-10-9-3-1-2-4-11(9)15-12(10)6-8-14/h1-4,13-14H,5-8H2. The van der Waals surface area contributed by atoms with Gasteiger partial charge in [-0.15, -0.1) is 11.3 Å². The highest BCUT2D eigenvalue weighted by molar-refractivity contribution is 7.19. The predicted molar refractivity (Wildman–Crippen MR) is 63.4 cm³/mol. The molecule has 0 aliphatic rings. The minimum absolute atomic E-state index is 0.166. The average molecular weight is 222 g/mol. The van der Waals surface area contributed by atoms with Gasteiger partial charge in [-0.3, -0.25) is 0 Å². The monoisotopic (exact) mass is 222 g/mol. The molecule has 1 aromatic carbocycles. The molecule has 1 heterocycles. The highest BCUT2D eigenvalue weighted by Crippen LogP contribution is 2.31. The molecule has 0 unspecified atom stereocenters. The SMILES string of the molecule is OCCc1sc2ccccc2c1CCO. The molecule has 15 heavy (non-hydrogen) atoms. The summed E-state index contributed by atoms with van der Waals surface area (Å²) in [5.74, 6) is 0. The number of aliphatic hydroxyl groups is 2. The molecule has 0 fully saturated rings. The molecule has 0 saturated heterocycles. The average Bonchev–Trinajstić information content (AvgIpc) is 2.59. The van der Waals surface area contributed by atoms with Crippen molar-refractivity contribution in [2.45, 2.75) is 12.8 Å². The molecule has 80 valence electrons. The fourth-order valence-corrected chi connectivity index (χ4v) is 3.08. The molecule has 0 radical (unpaired) electrons. The summed E-state index contributed by atoms with van der Waals surface area (Å²) in [5, 5.41) is 19.2. The highest BCUT2D eigenvalue weighted by Gasteiger charge is 2.10. The normalized spacial score (nSPS) is 11.1. The van der Waals surface area contributed by atoms with Gasteiger partial charge in [0.15, 0.2) is 0 Å². The Hall–Kier alpha value is -0.900. The zero-order valence-electron chi connectivity index (χ0n) is 8.44. The second kappa shape index (κ2) is 4.75. The third-order valence-corrected chi connectivity index (χ3v) is 3.76. The summed E-state index contributed by atoms with van der Waals surface area (Å²) in [6, 6.07) is 8.20. The van der Waals surface area contributed by atoms with Crippen LogP contribution in [0, 0.1) is 0 Å². The van der Waals surface area contributed by atoms with Crippen LogP contribution in [0.3, 0.4) is 0 Å². The van der Waals surface area contributed by atoms with Gasteiger partial charge in [0.1, 0.15) is 0 Å². The van der Waals surface area contributed by atoms with E-state index in [1.807, 2.05) is 12.1 Å². The third kappa shape index (κ3) is 2.04. The third-order valence-electron chi connectivity index (χ3n) is 2.48. The molecule has 0 aliphatic carbocycles. The minimum Gasteiger partial charge on any atom is -0.396 e. The molecule has 1 aromatic heterocycles. The number of hydrogen-bond donors (Lipinski definition) is 2. The van der Waals surface area contributed by atoms with Crippen molar-refractivity contribution in [3.8, 4) is 0 Å². The number of fused-ring (bicyclic) bond motifs is 1. The summed E-state index contributed by atoms with van der Waals surface area (Å²) in [4.78, 5) is 1.20. The molecule has 0 amide bonds. The Morgan fingerprint density at radius 1 is 1.00 bits per heavy atom. The van der Waals surface area contributed by atoms with Crippen LogP contribution in [0.4, 0.5) is 0 Å². The largest absolute Gasteiger partial charge is 0.396 e. The van der Waals surface area contributed by atoms with Crippen LogP contribution in [0.25, 0.3) is 10.1 Å². The van der Waals surface area contributed by atoms with Gasteiger partial charge < -0.3 is 10.2 Å². The molecular weight excluding hydrogens is 208 g/mol. The highest BCUT2D eigenvalue weighted by atomic mass is 32.1. The lowest BCUT2D eigenvalue weighted by Crippen LogP contribution is -1.96. The van der Waals surface area contributed by atoms with Crippen molar-refractivity contribution in [3.63, 3.8) is 0 Å². The Morgan fingerprint density at radius 3 is 2.47 bits per heavy atom. The van der Waals surface area contributed by atoms with E-state index in [1.54, 1.807) is 11.3 Å². The number of thiophene rings is 1. The van der Waals surface area contributed by atoms with Crippen LogP contribution >= 0.6 is 11.3 Å².